The first-order valence-electron chi connectivity index (χ1n) is 9.90. The van der Waals surface area contributed by atoms with Crippen LogP contribution in [-0.4, -0.2) is 21.4 Å². The summed E-state index contributed by atoms with van der Waals surface area (Å²) < 4.78 is 0. The minimum absolute atomic E-state index is 0.487. The van der Waals surface area contributed by atoms with E-state index in [1.54, 1.807) is 12.4 Å². The number of benzene rings is 2. The zero-order chi connectivity index (χ0) is 20.4. The van der Waals surface area contributed by atoms with E-state index in [4.69, 9.17) is 9.98 Å². The van der Waals surface area contributed by atoms with E-state index in [1.807, 2.05) is 72.8 Å². The Morgan fingerprint density at radius 2 is 0.900 bits per heavy atom. The molecule has 0 spiro atoms. The second-order valence-corrected chi connectivity index (χ2v) is 6.70. The SMILES string of the molecule is c1ccc(C(=NCc2ccccn2)C(=NCc2ccccn2)c2ccccc2)cc1. The largest absolute Gasteiger partial charge is 0.276 e. The van der Waals surface area contributed by atoms with Crippen molar-refractivity contribution in [1.82, 2.24) is 9.97 Å². The summed E-state index contributed by atoms with van der Waals surface area (Å²) in [6, 6.07) is 32.1. The van der Waals surface area contributed by atoms with Crippen molar-refractivity contribution < 1.29 is 0 Å². The molecule has 0 saturated carbocycles. The molecule has 0 unspecified atom stereocenters. The fourth-order valence-electron chi connectivity index (χ4n) is 3.10. The van der Waals surface area contributed by atoms with Gasteiger partial charge in [-0.25, -0.2) is 0 Å². The van der Waals surface area contributed by atoms with Crippen LogP contribution >= 0.6 is 0 Å². The summed E-state index contributed by atoms with van der Waals surface area (Å²) in [5.41, 5.74) is 5.59. The molecule has 0 aliphatic heterocycles. The third-order valence-electron chi connectivity index (χ3n) is 4.57. The second-order valence-electron chi connectivity index (χ2n) is 6.70. The van der Waals surface area contributed by atoms with Crippen molar-refractivity contribution in [2.24, 2.45) is 9.98 Å². The molecule has 4 heteroatoms. The summed E-state index contributed by atoms with van der Waals surface area (Å²) in [6.07, 6.45) is 3.58. The second kappa shape index (κ2) is 10.0. The van der Waals surface area contributed by atoms with Crippen molar-refractivity contribution in [3.8, 4) is 0 Å². The van der Waals surface area contributed by atoms with Gasteiger partial charge in [0.05, 0.1) is 35.9 Å². The molecule has 2 aromatic carbocycles. The Morgan fingerprint density at radius 3 is 1.27 bits per heavy atom. The maximum atomic E-state index is 4.96. The molecule has 4 rings (SSSR count). The van der Waals surface area contributed by atoms with Crippen LogP contribution in [0.4, 0.5) is 0 Å². The van der Waals surface area contributed by atoms with E-state index in [2.05, 4.69) is 34.2 Å². The van der Waals surface area contributed by atoms with Crippen LogP contribution in [0.25, 0.3) is 0 Å². The number of aliphatic imine (C=N–C) groups is 2. The molecule has 4 aromatic rings. The molecule has 2 aromatic heterocycles. The lowest BCUT2D eigenvalue weighted by Gasteiger charge is -2.12. The molecule has 0 aliphatic rings. The highest BCUT2D eigenvalue weighted by Crippen LogP contribution is 2.13. The van der Waals surface area contributed by atoms with Crippen LogP contribution in [0.2, 0.25) is 0 Å². The molecule has 2 heterocycles. The lowest BCUT2D eigenvalue weighted by molar-refractivity contribution is 0.983. The summed E-state index contributed by atoms with van der Waals surface area (Å²) in [7, 11) is 0. The van der Waals surface area contributed by atoms with Gasteiger partial charge in [0.2, 0.25) is 0 Å². The molecule has 0 atom stereocenters. The van der Waals surface area contributed by atoms with Crippen molar-refractivity contribution in [3.63, 3.8) is 0 Å². The predicted octanol–water partition coefficient (Wildman–Crippen LogP) is 5.16. The van der Waals surface area contributed by atoms with Crippen LogP contribution in [0.3, 0.4) is 0 Å². The summed E-state index contributed by atoms with van der Waals surface area (Å²) >= 11 is 0. The van der Waals surface area contributed by atoms with Gasteiger partial charge < -0.3 is 0 Å². The molecule has 146 valence electrons. The van der Waals surface area contributed by atoms with Gasteiger partial charge in [-0.2, -0.15) is 0 Å². The minimum atomic E-state index is 0.487. The third-order valence-corrected chi connectivity index (χ3v) is 4.57. The van der Waals surface area contributed by atoms with Crippen molar-refractivity contribution in [3.05, 3.63) is 132 Å². The van der Waals surface area contributed by atoms with Crippen LogP contribution in [0.15, 0.2) is 119 Å². The molecule has 0 radical (unpaired) electrons. The predicted molar refractivity (Wildman–Crippen MR) is 122 cm³/mol. The average Bonchev–Trinajstić information content (AvgIpc) is 2.83. The topological polar surface area (TPSA) is 50.5 Å². The van der Waals surface area contributed by atoms with E-state index < -0.39 is 0 Å². The van der Waals surface area contributed by atoms with Crippen LogP contribution < -0.4 is 0 Å². The Balaban J connectivity index is 1.78. The third kappa shape index (κ3) is 5.11. The van der Waals surface area contributed by atoms with E-state index >= 15 is 0 Å². The lowest BCUT2D eigenvalue weighted by Crippen LogP contribution is -2.18. The summed E-state index contributed by atoms with van der Waals surface area (Å²) in [6.45, 7) is 0.973. The smallest absolute Gasteiger partial charge is 0.0909 e. The fourth-order valence-corrected chi connectivity index (χ4v) is 3.10. The van der Waals surface area contributed by atoms with E-state index in [0.29, 0.717) is 13.1 Å². The molecular weight excluding hydrogens is 368 g/mol. The van der Waals surface area contributed by atoms with Crippen molar-refractivity contribution >= 4 is 11.4 Å². The lowest BCUT2D eigenvalue weighted by atomic mass is 9.99. The van der Waals surface area contributed by atoms with Crippen LogP contribution in [0.1, 0.15) is 22.5 Å². The van der Waals surface area contributed by atoms with Gasteiger partial charge in [-0.05, 0) is 24.3 Å². The Bertz CT molecular complexity index is 1010. The summed E-state index contributed by atoms with van der Waals surface area (Å²) in [5.74, 6) is 0. The van der Waals surface area contributed by atoms with Gasteiger partial charge in [0, 0.05) is 23.5 Å². The number of hydrogen-bond donors (Lipinski definition) is 0. The van der Waals surface area contributed by atoms with Gasteiger partial charge in [0.1, 0.15) is 0 Å². The van der Waals surface area contributed by atoms with Gasteiger partial charge in [-0.15, -0.1) is 0 Å². The molecule has 0 bridgehead atoms. The molecule has 0 amide bonds. The number of aromatic nitrogens is 2. The maximum absolute atomic E-state index is 4.96. The van der Waals surface area contributed by atoms with Crippen LogP contribution in [-0.2, 0) is 13.1 Å². The standard InChI is InChI=1S/C26H22N4/c1-3-11-21(12-4-1)25(29-19-23-15-7-9-17-27-23)26(22-13-5-2-6-14-22)30-20-24-16-8-10-18-28-24/h1-18H,19-20H2. The van der Waals surface area contributed by atoms with Crippen molar-refractivity contribution in [2.45, 2.75) is 13.1 Å². The monoisotopic (exact) mass is 390 g/mol. The minimum Gasteiger partial charge on any atom is -0.276 e. The van der Waals surface area contributed by atoms with Gasteiger partial charge in [0.15, 0.2) is 0 Å². The van der Waals surface area contributed by atoms with Crippen molar-refractivity contribution in [2.75, 3.05) is 0 Å². The first-order chi connectivity index (χ1) is 14.9. The van der Waals surface area contributed by atoms with Gasteiger partial charge in [0.25, 0.3) is 0 Å². The highest BCUT2D eigenvalue weighted by molar-refractivity contribution is 6.53. The molecule has 0 fully saturated rings. The van der Waals surface area contributed by atoms with Crippen molar-refractivity contribution in [1.29, 1.82) is 0 Å². The zero-order valence-electron chi connectivity index (χ0n) is 16.6. The zero-order valence-corrected chi connectivity index (χ0v) is 16.6. The highest BCUT2D eigenvalue weighted by atomic mass is 14.9. The normalized spacial score (nSPS) is 12.0. The van der Waals surface area contributed by atoms with E-state index in [1.165, 1.54) is 0 Å². The molecule has 4 nitrogen and oxygen atoms in total. The Kier molecular flexibility index (Phi) is 6.48. The Morgan fingerprint density at radius 1 is 0.500 bits per heavy atom. The Labute approximate surface area is 176 Å². The molecular formula is C26H22N4. The molecule has 30 heavy (non-hydrogen) atoms. The maximum Gasteiger partial charge on any atom is 0.0909 e. The Hall–Kier alpha value is -3.92. The van der Waals surface area contributed by atoms with Gasteiger partial charge >= 0.3 is 0 Å². The van der Waals surface area contributed by atoms with E-state index in [0.717, 1.165) is 33.9 Å². The first kappa shape index (κ1) is 19.4. The summed E-state index contributed by atoms with van der Waals surface area (Å²) in [4.78, 5) is 18.7. The van der Waals surface area contributed by atoms with Gasteiger partial charge in [-0.3, -0.25) is 20.0 Å². The number of rotatable bonds is 7. The number of nitrogens with zero attached hydrogens (tertiary/aromatic N) is 4. The highest BCUT2D eigenvalue weighted by Gasteiger charge is 2.14. The molecule has 0 aliphatic carbocycles. The quantitative estimate of drug-likeness (QED) is 0.410. The molecule has 0 saturated heterocycles. The first-order valence-corrected chi connectivity index (χ1v) is 9.90. The average molecular weight is 390 g/mol. The van der Waals surface area contributed by atoms with E-state index in [-0.39, 0.29) is 0 Å². The molecule has 0 N–H and O–H groups in total. The number of hydrogen-bond acceptors (Lipinski definition) is 4. The van der Waals surface area contributed by atoms with E-state index in [9.17, 15) is 0 Å². The van der Waals surface area contributed by atoms with Gasteiger partial charge in [-0.1, -0.05) is 72.8 Å². The number of pyridine rings is 2. The fraction of sp³-hybridized carbons (Fsp3) is 0.0769. The van der Waals surface area contributed by atoms with Crippen LogP contribution in [0, 0.1) is 0 Å². The summed E-state index contributed by atoms with van der Waals surface area (Å²) in [5, 5.41) is 0. The van der Waals surface area contributed by atoms with Crippen LogP contribution in [0.5, 0.6) is 0 Å².